The first kappa shape index (κ1) is 27.0. The summed E-state index contributed by atoms with van der Waals surface area (Å²) < 4.78 is 26.0. The van der Waals surface area contributed by atoms with E-state index < -0.39 is 28.5 Å². The lowest BCUT2D eigenvalue weighted by molar-refractivity contribution is -0.139. The Balaban J connectivity index is 2.35. The van der Waals surface area contributed by atoms with Crippen molar-refractivity contribution in [1.82, 2.24) is 10.2 Å². The maximum Gasteiger partial charge on any atom is 0.244 e. The standard InChI is InChI=1S/C23H29Cl2N3O4S/c1-16(2)26-23(30)17(3)27(14-13-18-9-6-5-7-10-18)21(29)15-28(33(4,31)32)20-12-8-11-19(24)22(20)25/h5-12,16-17H,13-15H2,1-4H3,(H,26,30)/t17-/m1/s1. The Morgan fingerprint density at radius 2 is 1.64 bits per heavy atom. The highest BCUT2D eigenvalue weighted by molar-refractivity contribution is 7.92. The summed E-state index contributed by atoms with van der Waals surface area (Å²) in [4.78, 5) is 27.5. The molecule has 0 radical (unpaired) electrons. The van der Waals surface area contributed by atoms with Gasteiger partial charge in [0, 0.05) is 12.6 Å². The van der Waals surface area contributed by atoms with E-state index >= 15 is 0 Å². The van der Waals surface area contributed by atoms with Crippen LogP contribution in [0.25, 0.3) is 0 Å². The van der Waals surface area contributed by atoms with Gasteiger partial charge in [0.1, 0.15) is 12.6 Å². The molecule has 10 heteroatoms. The molecule has 0 aliphatic heterocycles. The molecule has 0 spiro atoms. The normalized spacial score (nSPS) is 12.3. The fourth-order valence-corrected chi connectivity index (χ4v) is 4.56. The average Bonchev–Trinajstić information content (AvgIpc) is 2.73. The molecule has 33 heavy (non-hydrogen) atoms. The molecule has 0 fully saturated rings. The summed E-state index contributed by atoms with van der Waals surface area (Å²) in [7, 11) is -3.88. The Morgan fingerprint density at radius 1 is 1.00 bits per heavy atom. The van der Waals surface area contributed by atoms with Crippen LogP contribution in [0.15, 0.2) is 48.5 Å². The zero-order valence-corrected chi connectivity index (χ0v) is 21.4. The van der Waals surface area contributed by atoms with Crippen molar-refractivity contribution < 1.29 is 18.0 Å². The number of anilines is 1. The van der Waals surface area contributed by atoms with Gasteiger partial charge in [-0.25, -0.2) is 8.42 Å². The lowest BCUT2D eigenvalue weighted by atomic mass is 10.1. The molecule has 1 N–H and O–H groups in total. The van der Waals surface area contributed by atoms with Gasteiger partial charge in [-0.1, -0.05) is 59.6 Å². The number of nitrogens with zero attached hydrogens (tertiary/aromatic N) is 2. The van der Waals surface area contributed by atoms with Crippen molar-refractivity contribution in [2.75, 3.05) is 23.7 Å². The summed E-state index contributed by atoms with van der Waals surface area (Å²) >= 11 is 12.3. The molecule has 0 aromatic heterocycles. The second kappa shape index (κ2) is 11.7. The molecular weight excluding hydrogens is 485 g/mol. The predicted molar refractivity (Wildman–Crippen MR) is 133 cm³/mol. The first-order valence-corrected chi connectivity index (χ1v) is 13.1. The van der Waals surface area contributed by atoms with Gasteiger partial charge in [-0.15, -0.1) is 0 Å². The quantitative estimate of drug-likeness (QED) is 0.524. The fourth-order valence-electron chi connectivity index (χ4n) is 3.26. The third-order valence-electron chi connectivity index (χ3n) is 4.96. The Kier molecular flexibility index (Phi) is 9.57. The number of carbonyl (C=O) groups is 2. The smallest absolute Gasteiger partial charge is 0.244 e. The van der Waals surface area contributed by atoms with Crippen LogP contribution in [0, 0.1) is 0 Å². The molecule has 0 saturated heterocycles. The van der Waals surface area contributed by atoms with Gasteiger partial charge in [0.2, 0.25) is 21.8 Å². The summed E-state index contributed by atoms with van der Waals surface area (Å²) in [5, 5.41) is 3.00. The SMILES string of the molecule is CC(C)NC(=O)[C@@H](C)N(CCc1ccccc1)C(=O)CN(c1cccc(Cl)c1Cl)S(C)(=O)=O. The maximum absolute atomic E-state index is 13.4. The van der Waals surface area contributed by atoms with E-state index in [1.165, 1.54) is 17.0 Å². The predicted octanol–water partition coefficient (Wildman–Crippen LogP) is 3.74. The van der Waals surface area contributed by atoms with E-state index in [4.69, 9.17) is 23.2 Å². The Morgan fingerprint density at radius 3 is 2.21 bits per heavy atom. The van der Waals surface area contributed by atoms with Crippen molar-refractivity contribution in [1.29, 1.82) is 0 Å². The van der Waals surface area contributed by atoms with Crippen LogP contribution in [0.4, 0.5) is 5.69 Å². The van der Waals surface area contributed by atoms with Crippen molar-refractivity contribution >= 4 is 50.7 Å². The molecule has 2 amide bonds. The molecule has 0 aliphatic carbocycles. The Hall–Kier alpha value is -2.29. The van der Waals surface area contributed by atoms with E-state index in [1.807, 2.05) is 44.2 Å². The minimum atomic E-state index is -3.88. The summed E-state index contributed by atoms with van der Waals surface area (Å²) in [5.41, 5.74) is 1.09. The van der Waals surface area contributed by atoms with Crippen molar-refractivity contribution in [3.63, 3.8) is 0 Å². The van der Waals surface area contributed by atoms with Gasteiger partial charge >= 0.3 is 0 Å². The van der Waals surface area contributed by atoms with Gasteiger partial charge in [0.05, 0.1) is 22.0 Å². The molecular formula is C23H29Cl2N3O4S. The zero-order valence-electron chi connectivity index (χ0n) is 19.1. The minimum absolute atomic E-state index is 0.0267. The van der Waals surface area contributed by atoms with Gasteiger partial charge in [-0.3, -0.25) is 13.9 Å². The first-order valence-electron chi connectivity index (χ1n) is 10.5. The number of carbonyl (C=O) groups excluding carboxylic acids is 2. The van der Waals surface area contributed by atoms with E-state index in [1.54, 1.807) is 13.0 Å². The van der Waals surface area contributed by atoms with Gasteiger partial charge in [-0.05, 0) is 44.9 Å². The van der Waals surface area contributed by atoms with Gasteiger partial charge in [-0.2, -0.15) is 0 Å². The van der Waals surface area contributed by atoms with Crippen LogP contribution in [-0.2, 0) is 26.0 Å². The van der Waals surface area contributed by atoms with Crippen LogP contribution >= 0.6 is 23.2 Å². The maximum atomic E-state index is 13.4. The molecule has 2 aromatic rings. The third-order valence-corrected chi connectivity index (χ3v) is 6.90. The number of halogens is 2. The largest absolute Gasteiger partial charge is 0.352 e. The number of hydrogen-bond donors (Lipinski definition) is 1. The molecule has 0 bridgehead atoms. The second-order valence-corrected chi connectivity index (χ2v) is 10.7. The van der Waals surface area contributed by atoms with Gasteiger partial charge < -0.3 is 10.2 Å². The van der Waals surface area contributed by atoms with Gasteiger partial charge in [0.25, 0.3) is 0 Å². The fraction of sp³-hybridized carbons (Fsp3) is 0.391. The van der Waals surface area contributed by atoms with E-state index in [9.17, 15) is 18.0 Å². The van der Waals surface area contributed by atoms with Crippen LogP contribution in [0.2, 0.25) is 10.0 Å². The third kappa shape index (κ3) is 7.62. The summed E-state index contributed by atoms with van der Waals surface area (Å²) in [5.74, 6) is -0.850. The number of amides is 2. The van der Waals surface area contributed by atoms with Crippen molar-refractivity contribution in [3.8, 4) is 0 Å². The number of hydrogen-bond acceptors (Lipinski definition) is 4. The highest BCUT2D eigenvalue weighted by Gasteiger charge is 2.31. The summed E-state index contributed by atoms with van der Waals surface area (Å²) in [6.07, 6.45) is 1.49. The van der Waals surface area contributed by atoms with E-state index in [-0.39, 0.29) is 34.2 Å². The molecule has 2 aromatic carbocycles. The average molecular weight is 514 g/mol. The molecule has 1 atom stereocenters. The second-order valence-electron chi connectivity index (χ2n) is 8.00. The van der Waals surface area contributed by atoms with Crippen molar-refractivity contribution in [2.24, 2.45) is 0 Å². The van der Waals surface area contributed by atoms with E-state index in [0.29, 0.717) is 6.42 Å². The highest BCUT2D eigenvalue weighted by atomic mass is 35.5. The summed E-state index contributed by atoms with van der Waals surface area (Å²) in [6.45, 7) is 4.99. The molecule has 7 nitrogen and oxygen atoms in total. The molecule has 0 heterocycles. The topological polar surface area (TPSA) is 86.8 Å². The number of sulfonamides is 1. The first-order chi connectivity index (χ1) is 15.4. The highest BCUT2D eigenvalue weighted by Crippen LogP contribution is 2.33. The number of nitrogens with one attached hydrogen (secondary N) is 1. The van der Waals surface area contributed by atoms with E-state index in [0.717, 1.165) is 16.1 Å². The molecule has 0 aliphatic rings. The van der Waals surface area contributed by atoms with Crippen LogP contribution in [-0.4, -0.2) is 56.6 Å². The summed E-state index contributed by atoms with van der Waals surface area (Å²) in [6, 6.07) is 13.2. The monoisotopic (exact) mass is 513 g/mol. The molecule has 0 saturated carbocycles. The molecule has 2 rings (SSSR count). The van der Waals surface area contributed by atoms with Crippen LogP contribution in [0.5, 0.6) is 0 Å². The van der Waals surface area contributed by atoms with E-state index in [2.05, 4.69) is 5.32 Å². The molecule has 180 valence electrons. The Bertz CT molecular complexity index is 1080. The minimum Gasteiger partial charge on any atom is -0.352 e. The van der Waals surface area contributed by atoms with Gasteiger partial charge in [0.15, 0.2) is 0 Å². The van der Waals surface area contributed by atoms with Crippen molar-refractivity contribution in [3.05, 3.63) is 64.1 Å². The van der Waals surface area contributed by atoms with Crippen LogP contribution in [0.3, 0.4) is 0 Å². The van der Waals surface area contributed by atoms with Crippen LogP contribution in [0.1, 0.15) is 26.3 Å². The van der Waals surface area contributed by atoms with Crippen LogP contribution < -0.4 is 9.62 Å². The number of benzene rings is 2. The Labute approximate surface area is 205 Å². The van der Waals surface area contributed by atoms with Crippen molar-refractivity contribution in [2.45, 2.75) is 39.3 Å². The zero-order chi connectivity index (χ0) is 24.8. The lowest BCUT2D eigenvalue weighted by Crippen LogP contribution is -2.53. The lowest BCUT2D eigenvalue weighted by Gasteiger charge is -2.32. The number of rotatable bonds is 10. The molecule has 0 unspecified atom stereocenters.